The Hall–Kier alpha value is -2.43. The fraction of sp³-hybridized carbons (Fsp3) is 0.450. The average Bonchev–Trinajstić information content (AvgIpc) is 2.58. The second-order valence-corrected chi connectivity index (χ2v) is 6.73. The van der Waals surface area contributed by atoms with Gasteiger partial charge in [0.25, 0.3) is 0 Å². The number of hydrogen-bond acceptors (Lipinski definition) is 3. The molecule has 0 fully saturated rings. The Bertz CT molecular complexity index is 692. The smallest absolute Gasteiger partial charge is 0.240 e. The standard InChI is InChI=1S/C20H27N3O2/c1-14-7-9-17(10-8-14)16(3)22-23-20(25)12-11-19(24)21-18-6-4-5-15(2)13-18/h4-7,13,17H,8-12H2,1-3H3,(H,21,24)(H,23,25). The molecule has 0 aromatic heterocycles. The molecular formula is C20H27N3O2. The molecule has 0 bridgehead atoms. The van der Waals surface area contributed by atoms with Crippen LogP contribution in [0.3, 0.4) is 0 Å². The van der Waals surface area contributed by atoms with E-state index in [0.29, 0.717) is 5.92 Å². The summed E-state index contributed by atoms with van der Waals surface area (Å²) >= 11 is 0. The Morgan fingerprint density at radius 1 is 1.20 bits per heavy atom. The third kappa shape index (κ3) is 6.53. The zero-order valence-electron chi connectivity index (χ0n) is 15.3. The minimum Gasteiger partial charge on any atom is -0.326 e. The van der Waals surface area contributed by atoms with Gasteiger partial charge < -0.3 is 5.32 Å². The van der Waals surface area contributed by atoms with E-state index in [0.717, 1.165) is 36.2 Å². The molecular weight excluding hydrogens is 314 g/mol. The van der Waals surface area contributed by atoms with Gasteiger partial charge in [-0.05, 0) is 57.7 Å². The first kappa shape index (κ1) is 18.9. The van der Waals surface area contributed by atoms with E-state index >= 15 is 0 Å². The number of anilines is 1. The Balaban J connectivity index is 1.73. The molecule has 2 rings (SSSR count). The minimum absolute atomic E-state index is 0.123. The van der Waals surface area contributed by atoms with Crippen LogP contribution in [-0.4, -0.2) is 17.5 Å². The molecule has 0 radical (unpaired) electrons. The highest BCUT2D eigenvalue weighted by Gasteiger charge is 2.15. The van der Waals surface area contributed by atoms with Crippen molar-refractivity contribution in [3.63, 3.8) is 0 Å². The van der Waals surface area contributed by atoms with Crippen LogP contribution < -0.4 is 10.7 Å². The molecule has 1 unspecified atom stereocenters. The lowest BCUT2D eigenvalue weighted by Crippen LogP contribution is -2.24. The van der Waals surface area contributed by atoms with Crippen LogP contribution in [0.15, 0.2) is 41.0 Å². The number of allylic oxidation sites excluding steroid dienone is 2. The zero-order chi connectivity index (χ0) is 18.2. The Kier molecular flexibility index (Phi) is 6.92. The number of hydrogen-bond donors (Lipinski definition) is 2. The van der Waals surface area contributed by atoms with Gasteiger partial charge in [0, 0.05) is 30.2 Å². The van der Waals surface area contributed by atoms with Crippen LogP contribution in [0.2, 0.25) is 0 Å². The van der Waals surface area contributed by atoms with E-state index in [-0.39, 0.29) is 24.7 Å². The maximum absolute atomic E-state index is 11.9. The summed E-state index contributed by atoms with van der Waals surface area (Å²) in [6, 6.07) is 7.58. The summed E-state index contributed by atoms with van der Waals surface area (Å²) in [6.07, 6.45) is 5.65. The van der Waals surface area contributed by atoms with E-state index in [1.165, 1.54) is 5.57 Å². The Morgan fingerprint density at radius 3 is 2.64 bits per heavy atom. The monoisotopic (exact) mass is 341 g/mol. The van der Waals surface area contributed by atoms with E-state index in [1.54, 1.807) is 0 Å². The van der Waals surface area contributed by atoms with Crippen LogP contribution in [-0.2, 0) is 9.59 Å². The van der Waals surface area contributed by atoms with E-state index in [4.69, 9.17) is 0 Å². The summed E-state index contributed by atoms with van der Waals surface area (Å²) in [5.41, 5.74) is 6.76. The number of carbonyl (C=O) groups is 2. The number of rotatable bonds is 6. The lowest BCUT2D eigenvalue weighted by molar-refractivity contribution is -0.124. The summed E-state index contributed by atoms with van der Waals surface area (Å²) in [6.45, 7) is 6.06. The van der Waals surface area contributed by atoms with Crippen molar-refractivity contribution in [2.75, 3.05) is 5.32 Å². The number of amides is 2. The molecule has 2 amide bonds. The molecule has 2 N–H and O–H groups in total. The first-order chi connectivity index (χ1) is 11.9. The Labute approximate surface area is 149 Å². The van der Waals surface area contributed by atoms with Gasteiger partial charge in [-0.1, -0.05) is 23.8 Å². The van der Waals surface area contributed by atoms with Gasteiger partial charge in [-0.3, -0.25) is 9.59 Å². The van der Waals surface area contributed by atoms with Gasteiger partial charge in [0.15, 0.2) is 0 Å². The predicted octanol–water partition coefficient (Wildman–Crippen LogP) is 3.95. The fourth-order valence-electron chi connectivity index (χ4n) is 2.82. The number of nitrogens with zero attached hydrogens (tertiary/aromatic N) is 1. The Morgan fingerprint density at radius 2 is 1.96 bits per heavy atom. The minimum atomic E-state index is -0.235. The molecule has 0 saturated carbocycles. The van der Waals surface area contributed by atoms with Gasteiger partial charge in [0.1, 0.15) is 0 Å². The van der Waals surface area contributed by atoms with Crippen LogP contribution >= 0.6 is 0 Å². The number of hydrazone groups is 1. The van der Waals surface area contributed by atoms with E-state index in [1.807, 2.05) is 38.1 Å². The van der Waals surface area contributed by atoms with Crippen LogP contribution in [0, 0.1) is 12.8 Å². The zero-order valence-corrected chi connectivity index (χ0v) is 15.3. The highest BCUT2D eigenvalue weighted by Crippen LogP contribution is 2.24. The SMILES string of the molecule is CC1=CCC(C(C)=NNC(=O)CCC(=O)Nc2cccc(C)c2)CC1. The normalized spacial score (nSPS) is 17.6. The maximum Gasteiger partial charge on any atom is 0.240 e. The summed E-state index contributed by atoms with van der Waals surface area (Å²) in [7, 11) is 0. The molecule has 1 aromatic rings. The highest BCUT2D eigenvalue weighted by molar-refractivity contribution is 5.93. The van der Waals surface area contributed by atoms with Crippen molar-refractivity contribution in [3.05, 3.63) is 41.5 Å². The lowest BCUT2D eigenvalue weighted by atomic mass is 9.87. The molecule has 1 aliphatic rings. The van der Waals surface area contributed by atoms with E-state index in [9.17, 15) is 9.59 Å². The second kappa shape index (κ2) is 9.16. The number of nitrogens with one attached hydrogen (secondary N) is 2. The number of benzene rings is 1. The second-order valence-electron chi connectivity index (χ2n) is 6.73. The summed E-state index contributed by atoms with van der Waals surface area (Å²) in [4.78, 5) is 23.8. The molecule has 25 heavy (non-hydrogen) atoms. The third-order valence-corrected chi connectivity index (χ3v) is 4.47. The molecule has 5 heteroatoms. The van der Waals surface area contributed by atoms with Gasteiger partial charge in [-0.25, -0.2) is 5.43 Å². The molecule has 1 atom stereocenters. The van der Waals surface area contributed by atoms with Crippen LogP contribution in [0.4, 0.5) is 5.69 Å². The van der Waals surface area contributed by atoms with Gasteiger partial charge in [-0.15, -0.1) is 0 Å². The topological polar surface area (TPSA) is 70.6 Å². The third-order valence-electron chi connectivity index (χ3n) is 4.47. The van der Waals surface area contributed by atoms with Crippen LogP contribution in [0.5, 0.6) is 0 Å². The molecule has 0 heterocycles. The van der Waals surface area contributed by atoms with E-state index in [2.05, 4.69) is 28.8 Å². The van der Waals surface area contributed by atoms with Crippen LogP contribution in [0.25, 0.3) is 0 Å². The lowest BCUT2D eigenvalue weighted by Gasteiger charge is -2.20. The molecule has 0 spiro atoms. The van der Waals surface area contributed by atoms with Crippen molar-refractivity contribution < 1.29 is 9.59 Å². The van der Waals surface area contributed by atoms with Crippen molar-refractivity contribution in [3.8, 4) is 0 Å². The van der Waals surface area contributed by atoms with Crippen molar-refractivity contribution in [1.82, 2.24) is 5.43 Å². The van der Waals surface area contributed by atoms with Crippen molar-refractivity contribution in [1.29, 1.82) is 0 Å². The average molecular weight is 341 g/mol. The maximum atomic E-state index is 11.9. The summed E-state index contributed by atoms with van der Waals surface area (Å²) in [5.74, 6) is -0.00997. The molecule has 5 nitrogen and oxygen atoms in total. The predicted molar refractivity (Wildman–Crippen MR) is 101 cm³/mol. The molecule has 0 aliphatic heterocycles. The molecule has 0 saturated heterocycles. The van der Waals surface area contributed by atoms with Gasteiger partial charge in [-0.2, -0.15) is 5.10 Å². The highest BCUT2D eigenvalue weighted by atomic mass is 16.2. The quantitative estimate of drug-likeness (QED) is 0.467. The first-order valence-corrected chi connectivity index (χ1v) is 8.79. The largest absolute Gasteiger partial charge is 0.326 e. The van der Waals surface area contributed by atoms with Crippen molar-refractivity contribution in [2.45, 2.75) is 52.9 Å². The van der Waals surface area contributed by atoms with Crippen molar-refractivity contribution in [2.24, 2.45) is 11.0 Å². The van der Waals surface area contributed by atoms with E-state index < -0.39 is 0 Å². The van der Waals surface area contributed by atoms with Crippen LogP contribution in [0.1, 0.15) is 51.5 Å². The van der Waals surface area contributed by atoms with Gasteiger partial charge in [0.05, 0.1) is 0 Å². The summed E-state index contributed by atoms with van der Waals surface area (Å²) in [5, 5.41) is 7.00. The molecule has 134 valence electrons. The first-order valence-electron chi connectivity index (χ1n) is 8.79. The molecule has 1 aromatic carbocycles. The molecule has 1 aliphatic carbocycles. The van der Waals surface area contributed by atoms with Crippen molar-refractivity contribution >= 4 is 23.2 Å². The number of carbonyl (C=O) groups excluding carboxylic acids is 2. The fourth-order valence-corrected chi connectivity index (χ4v) is 2.82. The number of aryl methyl sites for hydroxylation is 1. The van der Waals surface area contributed by atoms with Gasteiger partial charge >= 0.3 is 0 Å². The van der Waals surface area contributed by atoms with Gasteiger partial charge in [0.2, 0.25) is 11.8 Å². The summed E-state index contributed by atoms with van der Waals surface area (Å²) < 4.78 is 0.